The summed E-state index contributed by atoms with van der Waals surface area (Å²) in [5.74, 6) is -0.183. The lowest BCUT2D eigenvalue weighted by molar-refractivity contribution is -0.153. The van der Waals surface area contributed by atoms with E-state index in [1.807, 2.05) is 37.3 Å². The summed E-state index contributed by atoms with van der Waals surface area (Å²) in [6, 6.07) is 10.6. The molecule has 4 nitrogen and oxygen atoms in total. The highest BCUT2D eigenvalue weighted by atomic mass is 28.2. The third-order valence-electron chi connectivity index (χ3n) is 3.51. The summed E-state index contributed by atoms with van der Waals surface area (Å²) >= 11 is 0. The minimum Gasteiger partial charge on any atom is -0.460 e. The van der Waals surface area contributed by atoms with Crippen LogP contribution in [0, 0.1) is 0 Å². The van der Waals surface area contributed by atoms with Gasteiger partial charge < -0.3 is 14.0 Å². The SMILES string of the molecule is COC(C)C(C(=O)OCc1ccccc1)N1CCC[Si]1. The van der Waals surface area contributed by atoms with E-state index < -0.39 is 0 Å². The van der Waals surface area contributed by atoms with E-state index >= 15 is 0 Å². The molecule has 1 aromatic carbocycles. The molecule has 108 valence electrons. The summed E-state index contributed by atoms with van der Waals surface area (Å²) in [6.07, 6.45) is 1.00. The Kier molecular flexibility index (Phi) is 5.76. The van der Waals surface area contributed by atoms with Crippen LogP contribution in [0.2, 0.25) is 6.04 Å². The third kappa shape index (κ3) is 3.91. The predicted molar refractivity (Wildman–Crippen MR) is 78.4 cm³/mol. The van der Waals surface area contributed by atoms with E-state index in [1.165, 1.54) is 6.04 Å². The predicted octanol–water partition coefficient (Wildman–Crippen LogP) is 1.88. The van der Waals surface area contributed by atoms with E-state index in [1.54, 1.807) is 7.11 Å². The number of rotatable bonds is 6. The third-order valence-corrected chi connectivity index (χ3v) is 4.99. The molecule has 2 unspecified atom stereocenters. The van der Waals surface area contributed by atoms with E-state index in [0.717, 1.165) is 18.5 Å². The lowest BCUT2D eigenvalue weighted by Gasteiger charge is -2.29. The molecule has 0 spiro atoms. The van der Waals surface area contributed by atoms with E-state index in [-0.39, 0.29) is 18.1 Å². The van der Waals surface area contributed by atoms with Crippen LogP contribution in [0.1, 0.15) is 18.9 Å². The number of hydrogen-bond acceptors (Lipinski definition) is 4. The fourth-order valence-electron chi connectivity index (χ4n) is 2.30. The number of hydrogen-bond donors (Lipinski definition) is 0. The first-order chi connectivity index (χ1) is 9.72. The van der Waals surface area contributed by atoms with Gasteiger partial charge in [-0.05, 0) is 31.5 Å². The number of benzene rings is 1. The van der Waals surface area contributed by atoms with Crippen molar-refractivity contribution >= 4 is 15.7 Å². The van der Waals surface area contributed by atoms with Crippen molar-refractivity contribution in [2.24, 2.45) is 0 Å². The molecule has 1 aliphatic rings. The molecule has 1 heterocycles. The molecule has 1 fully saturated rings. The van der Waals surface area contributed by atoms with Crippen LogP contribution in [0.3, 0.4) is 0 Å². The van der Waals surface area contributed by atoms with Gasteiger partial charge in [0.05, 0.1) is 6.10 Å². The van der Waals surface area contributed by atoms with Crippen molar-refractivity contribution in [3.8, 4) is 0 Å². The van der Waals surface area contributed by atoms with Crippen LogP contribution >= 0.6 is 0 Å². The van der Waals surface area contributed by atoms with Gasteiger partial charge in [0, 0.05) is 7.11 Å². The number of ether oxygens (including phenoxy) is 2. The van der Waals surface area contributed by atoms with Crippen molar-refractivity contribution in [2.75, 3.05) is 13.7 Å². The molecule has 5 heteroatoms. The Morgan fingerprint density at radius 3 is 2.75 bits per heavy atom. The van der Waals surface area contributed by atoms with Gasteiger partial charge >= 0.3 is 5.97 Å². The van der Waals surface area contributed by atoms with Crippen LogP contribution in [0.25, 0.3) is 0 Å². The molecular formula is C15H21NO3Si. The summed E-state index contributed by atoms with van der Waals surface area (Å²) in [4.78, 5) is 12.4. The minimum atomic E-state index is -0.287. The van der Waals surface area contributed by atoms with Crippen LogP contribution in [0.4, 0.5) is 0 Å². The second kappa shape index (κ2) is 7.57. The fraction of sp³-hybridized carbons (Fsp3) is 0.533. The van der Waals surface area contributed by atoms with Crippen LogP contribution < -0.4 is 0 Å². The highest BCUT2D eigenvalue weighted by molar-refractivity contribution is 6.33. The molecule has 0 N–H and O–H groups in total. The van der Waals surface area contributed by atoms with Gasteiger partial charge in [-0.1, -0.05) is 30.3 Å². The number of esters is 1. The molecule has 1 saturated heterocycles. The van der Waals surface area contributed by atoms with Crippen LogP contribution in [-0.4, -0.2) is 46.0 Å². The topological polar surface area (TPSA) is 38.8 Å². The molecule has 0 amide bonds. The molecule has 1 aliphatic heterocycles. The van der Waals surface area contributed by atoms with Gasteiger partial charge in [0.2, 0.25) is 0 Å². The zero-order valence-corrected chi connectivity index (χ0v) is 13.0. The van der Waals surface area contributed by atoms with Gasteiger partial charge in [-0.15, -0.1) is 0 Å². The van der Waals surface area contributed by atoms with E-state index in [9.17, 15) is 4.79 Å². The van der Waals surface area contributed by atoms with Gasteiger partial charge in [0.15, 0.2) is 0 Å². The molecule has 1 aromatic rings. The maximum atomic E-state index is 12.4. The minimum absolute atomic E-state index is 0.149. The van der Waals surface area contributed by atoms with Crippen molar-refractivity contribution in [3.05, 3.63) is 35.9 Å². The summed E-state index contributed by atoms with van der Waals surface area (Å²) in [7, 11) is 2.33. The quantitative estimate of drug-likeness (QED) is 0.592. The summed E-state index contributed by atoms with van der Waals surface area (Å²) in [6.45, 7) is 3.21. The van der Waals surface area contributed by atoms with Crippen molar-refractivity contribution < 1.29 is 14.3 Å². The van der Waals surface area contributed by atoms with E-state index in [4.69, 9.17) is 9.47 Å². The van der Waals surface area contributed by atoms with Gasteiger partial charge in [-0.2, -0.15) is 0 Å². The first-order valence-electron chi connectivity index (χ1n) is 6.96. The summed E-state index contributed by atoms with van der Waals surface area (Å²) in [5.41, 5.74) is 1.01. The number of methoxy groups -OCH3 is 1. The Morgan fingerprint density at radius 1 is 1.40 bits per heavy atom. The summed E-state index contributed by atoms with van der Waals surface area (Å²) in [5, 5.41) is 0. The largest absolute Gasteiger partial charge is 0.460 e. The van der Waals surface area contributed by atoms with E-state index in [2.05, 4.69) is 4.57 Å². The first-order valence-corrected chi connectivity index (χ1v) is 8.11. The second-order valence-electron chi connectivity index (χ2n) is 4.93. The first kappa shape index (κ1) is 15.2. The van der Waals surface area contributed by atoms with Gasteiger partial charge in [0.25, 0.3) is 0 Å². The maximum Gasteiger partial charge on any atom is 0.325 e. The normalized spacial score (nSPS) is 18.7. The molecule has 2 rings (SSSR count). The molecule has 0 aromatic heterocycles. The monoisotopic (exact) mass is 291 g/mol. The second-order valence-corrected chi connectivity index (χ2v) is 6.32. The summed E-state index contributed by atoms with van der Waals surface area (Å²) < 4.78 is 13.0. The van der Waals surface area contributed by atoms with Gasteiger partial charge in [-0.3, -0.25) is 4.79 Å². The molecule has 0 bridgehead atoms. The molecule has 20 heavy (non-hydrogen) atoms. The Bertz CT molecular complexity index is 420. The van der Waals surface area contributed by atoms with Crippen LogP contribution in [0.5, 0.6) is 0 Å². The van der Waals surface area contributed by atoms with E-state index in [0.29, 0.717) is 16.3 Å². The molecule has 2 atom stereocenters. The highest BCUT2D eigenvalue weighted by Crippen LogP contribution is 2.17. The van der Waals surface area contributed by atoms with Crippen molar-refractivity contribution in [2.45, 2.75) is 38.1 Å². The standard InChI is InChI=1S/C15H21NO3Si/c1-12(18-2)14(16-9-6-10-20-16)15(17)19-11-13-7-4-3-5-8-13/h3-5,7-8,12,14H,6,9-11H2,1-2H3. The van der Waals surface area contributed by atoms with Crippen LogP contribution in [0.15, 0.2) is 30.3 Å². The maximum absolute atomic E-state index is 12.4. The van der Waals surface area contributed by atoms with Gasteiger partial charge in [-0.25, -0.2) is 0 Å². The zero-order chi connectivity index (χ0) is 14.4. The smallest absolute Gasteiger partial charge is 0.325 e. The molecule has 0 saturated carbocycles. The Morgan fingerprint density at radius 2 is 2.15 bits per heavy atom. The Hall–Kier alpha value is -1.17. The average molecular weight is 291 g/mol. The molecular weight excluding hydrogens is 270 g/mol. The van der Waals surface area contributed by atoms with Crippen LogP contribution in [-0.2, 0) is 20.9 Å². The lowest BCUT2D eigenvalue weighted by Crippen LogP contribution is -2.49. The lowest BCUT2D eigenvalue weighted by atomic mass is 10.1. The Balaban J connectivity index is 1.95. The Labute approximate surface area is 123 Å². The van der Waals surface area contributed by atoms with Gasteiger partial charge in [0.1, 0.15) is 22.3 Å². The molecule has 2 radical (unpaired) electrons. The highest BCUT2D eigenvalue weighted by Gasteiger charge is 2.34. The zero-order valence-electron chi connectivity index (χ0n) is 12.0. The number of carbonyl (C=O) groups is 1. The van der Waals surface area contributed by atoms with Crippen molar-refractivity contribution in [3.63, 3.8) is 0 Å². The number of carbonyl (C=O) groups excluding carboxylic acids is 1. The molecule has 0 aliphatic carbocycles. The fourth-order valence-corrected chi connectivity index (χ4v) is 3.74. The van der Waals surface area contributed by atoms with Crippen molar-refractivity contribution in [1.29, 1.82) is 0 Å². The average Bonchev–Trinajstić information content (AvgIpc) is 3.00. The number of nitrogens with zero attached hydrogens (tertiary/aromatic N) is 1. The van der Waals surface area contributed by atoms with Crippen molar-refractivity contribution in [1.82, 2.24) is 4.57 Å².